The molecule has 0 saturated heterocycles. The standard InChI is InChI=1S/C20H20/c1-2-4-6-8-10-12-14-16-18-20-19-17-15-13-11-9-7-5-3-1/h1-20H/b2-1-,3-1?,4-2?,5-3+,6-4+,7-5?,8-6?,9-7+,10-8+,11-9?,12-10?,13-11-,14-12+,15-13?,16-14?,17-15+,18-16?,19-17?,20-18?,20-19?. The predicted octanol–water partition coefficient (Wildman–Crippen LogP) is 5.56. The van der Waals surface area contributed by atoms with Crippen molar-refractivity contribution in [2.75, 3.05) is 0 Å². The third-order valence-electron chi connectivity index (χ3n) is 2.22. The van der Waals surface area contributed by atoms with Gasteiger partial charge in [-0.05, 0) is 0 Å². The molecule has 0 spiro atoms. The van der Waals surface area contributed by atoms with Crippen LogP contribution in [0.25, 0.3) is 0 Å². The van der Waals surface area contributed by atoms with E-state index in [4.69, 9.17) is 0 Å². The Hall–Kier alpha value is -2.60. The molecule has 0 unspecified atom stereocenters. The van der Waals surface area contributed by atoms with Gasteiger partial charge in [0.1, 0.15) is 0 Å². The van der Waals surface area contributed by atoms with Crippen molar-refractivity contribution in [1.82, 2.24) is 0 Å². The molecule has 0 aromatic heterocycles. The summed E-state index contributed by atoms with van der Waals surface area (Å²) in [6.07, 6.45) is 40.0. The molecule has 1 aliphatic rings. The first-order valence-corrected chi connectivity index (χ1v) is 6.67. The molecule has 20 heavy (non-hydrogen) atoms. The molecule has 0 aromatic rings. The van der Waals surface area contributed by atoms with Crippen LogP contribution in [-0.4, -0.2) is 0 Å². The van der Waals surface area contributed by atoms with Gasteiger partial charge < -0.3 is 0 Å². The van der Waals surface area contributed by atoms with E-state index in [1.165, 1.54) is 0 Å². The molecule has 0 heterocycles. The van der Waals surface area contributed by atoms with Crippen molar-refractivity contribution in [3.05, 3.63) is 122 Å². The van der Waals surface area contributed by atoms with E-state index in [0.717, 1.165) is 0 Å². The van der Waals surface area contributed by atoms with E-state index in [2.05, 4.69) is 0 Å². The zero-order valence-electron chi connectivity index (χ0n) is 11.5. The normalized spacial score (nSPS) is 28.8. The topological polar surface area (TPSA) is 0 Å². The van der Waals surface area contributed by atoms with E-state index in [1.807, 2.05) is 122 Å². The van der Waals surface area contributed by atoms with Crippen LogP contribution in [0.2, 0.25) is 0 Å². The Bertz CT molecular complexity index is 318. The monoisotopic (exact) mass is 260 g/mol. The highest BCUT2D eigenvalue weighted by molar-refractivity contribution is 5.24. The molecule has 0 saturated carbocycles. The summed E-state index contributed by atoms with van der Waals surface area (Å²) in [4.78, 5) is 0. The van der Waals surface area contributed by atoms with Gasteiger partial charge in [0.25, 0.3) is 0 Å². The third-order valence-corrected chi connectivity index (χ3v) is 2.22. The second-order valence-electron chi connectivity index (χ2n) is 3.85. The van der Waals surface area contributed by atoms with E-state index in [9.17, 15) is 0 Å². The van der Waals surface area contributed by atoms with Gasteiger partial charge in [-0.2, -0.15) is 0 Å². The average Bonchev–Trinajstić information content (AvgIpc) is 2.46. The third kappa shape index (κ3) is 10.5. The molecule has 100 valence electrons. The summed E-state index contributed by atoms with van der Waals surface area (Å²) in [5.41, 5.74) is 0. The van der Waals surface area contributed by atoms with Crippen LogP contribution in [0.4, 0.5) is 0 Å². The minimum absolute atomic E-state index is 2.00. The largest absolute Gasteiger partial charge is 0.0623 e. The van der Waals surface area contributed by atoms with E-state index in [1.54, 1.807) is 0 Å². The fraction of sp³-hybridized carbons (Fsp3) is 0. The molecule has 0 aliphatic heterocycles. The summed E-state index contributed by atoms with van der Waals surface area (Å²) < 4.78 is 0. The lowest BCUT2D eigenvalue weighted by Crippen LogP contribution is -1.55. The van der Waals surface area contributed by atoms with Gasteiger partial charge in [0.15, 0.2) is 0 Å². The Kier molecular flexibility index (Phi) is 9.93. The number of hydrogen-bond donors (Lipinski definition) is 0. The molecule has 0 fully saturated rings. The fourth-order valence-electron chi connectivity index (χ4n) is 1.28. The number of allylic oxidation sites excluding steroid dienone is 20. The lowest BCUT2D eigenvalue weighted by Gasteiger charge is -1.77. The van der Waals surface area contributed by atoms with E-state index in [-0.39, 0.29) is 0 Å². The first-order valence-electron chi connectivity index (χ1n) is 6.67. The Labute approximate surface area is 122 Å². The van der Waals surface area contributed by atoms with Crippen LogP contribution in [0.3, 0.4) is 0 Å². The zero-order chi connectivity index (χ0) is 14.1. The Morgan fingerprint density at radius 3 is 0.200 bits per heavy atom. The second kappa shape index (κ2) is 12.8. The Morgan fingerprint density at radius 1 is 0.100 bits per heavy atom. The molecular formula is C20H20. The van der Waals surface area contributed by atoms with Crippen LogP contribution >= 0.6 is 0 Å². The maximum Gasteiger partial charge on any atom is -0.0623 e. The van der Waals surface area contributed by atoms with Gasteiger partial charge in [-0.3, -0.25) is 0 Å². The van der Waals surface area contributed by atoms with Gasteiger partial charge in [0, 0.05) is 0 Å². The SMILES string of the molecule is C1=C/C=C/C=C\C=C\C=C\C=C/C=C/C=C/C=C/C=C1. The maximum absolute atomic E-state index is 2.00. The minimum atomic E-state index is 2.00. The van der Waals surface area contributed by atoms with Crippen LogP contribution < -0.4 is 0 Å². The Morgan fingerprint density at radius 2 is 0.150 bits per heavy atom. The van der Waals surface area contributed by atoms with E-state index in [0.29, 0.717) is 0 Å². The van der Waals surface area contributed by atoms with Crippen molar-refractivity contribution in [3.63, 3.8) is 0 Å². The number of hydrogen-bond acceptors (Lipinski definition) is 0. The van der Waals surface area contributed by atoms with Crippen LogP contribution in [0, 0.1) is 0 Å². The second-order valence-corrected chi connectivity index (χ2v) is 3.85. The van der Waals surface area contributed by atoms with Crippen molar-refractivity contribution in [3.8, 4) is 0 Å². The van der Waals surface area contributed by atoms with Gasteiger partial charge in [0.2, 0.25) is 0 Å². The van der Waals surface area contributed by atoms with E-state index >= 15 is 0 Å². The predicted molar refractivity (Wildman–Crippen MR) is 91.4 cm³/mol. The smallest absolute Gasteiger partial charge is 0.0623 e. The quantitative estimate of drug-likeness (QED) is 0.534. The molecule has 0 atom stereocenters. The van der Waals surface area contributed by atoms with Crippen molar-refractivity contribution in [2.24, 2.45) is 0 Å². The van der Waals surface area contributed by atoms with E-state index < -0.39 is 0 Å². The van der Waals surface area contributed by atoms with Crippen LogP contribution in [0.1, 0.15) is 0 Å². The molecule has 0 amide bonds. The summed E-state index contributed by atoms with van der Waals surface area (Å²) in [6, 6.07) is 0. The van der Waals surface area contributed by atoms with Gasteiger partial charge >= 0.3 is 0 Å². The molecule has 0 heteroatoms. The highest BCUT2D eigenvalue weighted by Crippen LogP contribution is 1.88. The summed E-state index contributed by atoms with van der Waals surface area (Å²) in [5.74, 6) is 0. The molecular weight excluding hydrogens is 240 g/mol. The van der Waals surface area contributed by atoms with Gasteiger partial charge in [-0.15, -0.1) is 0 Å². The Balaban J connectivity index is 2.67. The molecule has 0 aromatic carbocycles. The van der Waals surface area contributed by atoms with Gasteiger partial charge in [-0.1, -0.05) is 122 Å². The summed E-state index contributed by atoms with van der Waals surface area (Å²) in [7, 11) is 0. The first kappa shape index (κ1) is 15.5. The first-order chi connectivity index (χ1) is 10.0. The van der Waals surface area contributed by atoms with Crippen molar-refractivity contribution in [1.29, 1.82) is 0 Å². The summed E-state index contributed by atoms with van der Waals surface area (Å²) >= 11 is 0. The molecule has 0 radical (unpaired) electrons. The summed E-state index contributed by atoms with van der Waals surface area (Å²) in [6.45, 7) is 0. The molecule has 0 N–H and O–H groups in total. The van der Waals surface area contributed by atoms with Gasteiger partial charge in [0.05, 0.1) is 0 Å². The van der Waals surface area contributed by atoms with Crippen LogP contribution in [-0.2, 0) is 0 Å². The molecule has 0 nitrogen and oxygen atoms in total. The highest BCUT2D eigenvalue weighted by atomic mass is 13.7. The maximum atomic E-state index is 2.00. The average molecular weight is 260 g/mol. The fourth-order valence-corrected chi connectivity index (χ4v) is 1.28. The molecule has 0 bridgehead atoms. The zero-order valence-corrected chi connectivity index (χ0v) is 11.5. The van der Waals surface area contributed by atoms with Crippen molar-refractivity contribution >= 4 is 0 Å². The highest BCUT2D eigenvalue weighted by Gasteiger charge is 1.66. The minimum Gasteiger partial charge on any atom is -0.0623 e. The lowest BCUT2D eigenvalue weighted by molar-refractivity contribution is 1.81. The number of rotatable bonds is 0. The van der Waals surface area contributed by atoms with Crippen LogP contribution in [0.15, 0.2) is 122 Å². The van der Waals surface area contributed by atoms with Crippen molar-refractivity contribution < 1.29 is 0 Å². The van der Waals surface area contributed by atoms with Crippen LogP contribution in [0.5, 0.6) is 0 Å². The van der Waals surface area contributed by atoms with Gasteiger partial charge in [-0.25, -0.2) is 0 Å². The lowest BCUT2D eigenvalue weighted by atomic mass is 10.3. The molecule has 1 aliphatic carbocycles. The van der Waals surface area contributed by atoms with Crippen molar-refractivity contribution in [2.45, 2.75) is 0 Å². The summed E-state index contributed by atoms with van der Waals surface area (Å²) in [5, 5.41) is 0. The molecule has 1 rings (SSSR count).